The largest absolute Gasteiger partial charge is 0.356 e. The van der Waals surface area contributed by atoms with E-state index in [1.54, 1.807) is 24.9 Å². The van der Waals surface area contributed by atoms with Crippen molar-refractivity contribution in [1.82, 2.24) is 24.9 Å². The summed E-state index contributed by atoms with van der Waals surface area (Å²) < 4.78 is 0. The number of pyridine rings is 1. The summed E-state index contributed by atoms with van der Waals surface area (Å²) >= 11 is 1.85. The van der Waals surface area contributed by atoms with E-state index in [0.29, 0.717) is 17.9 Å². The van der Waals surface area contributed by atoms with Crippen molar-refractivity contribution in [3.63, 3.8) is 0 Å². The molecule has 0 saturated heterocycles. The minimum atomic E-state index is -0.116. The summed E-state index contributed by atoms with van der Waals surface area (Å²) in [6.07, 6.45) is 8.34. The van der Waals surface area contributed by atoms with E-state index in [9.17, 15) is 4.79 Å². The molecule has 0 unspecified atom stereocenters. The molecule has 0 fully saturated rings. The highest BCUT2D eigenvalue weighted by molar-refractivity contribution is 7.98. The van der Waals surface area contributed by atoms with E-state index in [2.05, 4.69) is 30.2 Å². The summed E-state index contributed by atoms with van der Waals surface area (Å²) in [5.74, 6) is 2.44. The molecule has 0 aliphatic rings. The van der Waals surface area contributed by atoms with Gasteiger partial charge in [0.25, 0.3) is 5.56 Å². The molecule has 0 spiro atoms. The standard InChI is InChI=1S/C18H22N6OS.3ClH/c1-13-16(23-12-22-13)11-26-7-3-6-20-18-21-10-15(17(25)24-18)8-14-4-2-5-19-9-14;;;/h2,4-5,9-10,12H,3,6-8,11H2,1H3,(H,22,23)(H2,20,21,24,25);3*1H. The number of rotatable bonds is 9. The van der Waals surface area contributed by atoms with Gasteiger partial charge in [0, 0.05) is 48.6 Å². The highest BCUT2D eigenvalue weighted by atomic mass is 35.5. The molecule has 3 aromatic heterocycles. The Morgan fingerprint density at radius 3 is 2.66 bits per heavy atom. The maximum absolute atomic E-state index is 12.2. The average molecular weight is 480 g/mol. The zero-order chi connectivity index (χ0) is 18.2. The first-order valence-electron chi connectivity index (χ1n) is 8.50. The number of nitrogens with one attached hydrogen (secondary N) is 3. The molecule has 7 nitrogen and oxygen atoms in total. The Morgan fingerprint density at radius 2 is 2.00 bits per heavy atom. The number of aromatic nitrogens is 5. The molecule has 0 aliphatic heterocycles. The Morgan fingerprint density at radius 1 is 1.17 bits per heavy atom. The number of nitrogens with zero attached hydrogens (tertiary/aromatic N) is 3. The molecule has 160 valence electrons. The lowest BCUT2D eigenvalue weighted by Gasteiger charge is -2.06. The molecule has 0 bridgehead atoms. The maximum Gasteiger partial charge on any atom is 0.255 e. The maximum atomic E-state index is 12.2. The summed E-state index contributed by atoms with van der Waals surface area (Å²) in [5.41, 5.74) is 3.75. The van der Waals surface area contributed by atoms with Crippen molar-refractivity contribution < 1.29 is 0 Å². The quantitative estimate of drug-likeness (QED) is 0.404. The first-order valence-corrected chi connectivity index (χ1v) is 9.65. The monoisotopic (exact) mass is 478 g/mol. The molecule has 0 aromatic carbocycles. The number of H-pyrrole nitrogens is 2. The predicted molar refractivity (Wildman–Crippen MR) is 126 cm³/mol. The van der Waals surface area contributed by atoms with Gasteiger partial charge >= 0.3 is 0 Å². The Hall–Kier alpha value is -1.74. The number of thioether (sulfide) groups is 1. The van der Waals surface area contributed by atoms with Crippen LogP contribution >= 0.6 is 49.0 Å². The molecule has 0 aliphatic carbocycles. The number of hydrogen-bond donors (Lipinski definition) is 3. The van der Waals surface area contributed by atoms with Gasteiger partial charge in [-0.1, -0.05) is 6.07 Å². The molecule has 29 heavy (non-hydrogen) atoms. The lowest BCUT2D eigenvalue weighted by molar-refractivity contribution is 0.942. The van der Waals surface area contributed by atoms with Crippen molar-refractivity contribution >= 4 is 54.9 Å². The first-order chi connectivity index (χ1) is 12.7. The van der Waals surface area contributed by atoms with Gasteiger partial charge in [-0.2, -0.15) is 11.8 Å². The molecule has 3 rings (SSSR count). The smallest absolute Gasteiger partial charge is 0.255 e. The molecule has 0 saturated carbocycles. The van der Waals surface area contributed by atoms with Gasteiger partial charge in [-0.3, -0.25) is 14.8 Å². The van der Waals surface area contributed by atoms with Crippen molar-refractivity contribution in [2.24, 2.45) is 0 Å². The third kappa shape index (κ3) is 8.65. The first kappa shape index (κ1) is 27.3. The van der Waals surface area contributed by atoms with E-state index in [1.807, 2.05) is 30.8 Å². The molecule has 0 amide bonds. The third-order valence-electron chi connectivity index (χ3n) is 3.92. The zero-order valence-corrected chi connectivity index (χ0v) is 19.1. The molecular formula is C18H25Cl3N6OS. The van der Waals surface area contributed by atoms with E-state index >= 15 is 0 Å². The van der Waals surface area contributed by atoms with Gasteiger partial charge in [0.2, 0.25) is 5.95 Å². The summed E-state index contributed by atoms with van der Waals surface area (Å²) in [6.45, 7) is 2.79. The summed E-state index contributed by atoms with van der Waals surface area (Å²) in [4.78, 5) is 30.7. The van der Waals surface area contributed by atoms with Crippen LogP contribution in [0.2, 0.25) is 0 Å². The number of aromatic amines is 2. The minimum Gasteiger partial charge on any atom is -0.356 e. The minimum absolute atomic E-state index is 0. The van der Waals surface area contributed by atoms with Crippen LogP contribution in [0, 0.1) is 6.92 Å². The van der Waals surface area contributed by atoms with Crippen LogP contribution in [0.4, 0.5) is 5.95 Å². The molecule has 0 atom stereocenters. The van der Waals surface area contributed by atoms with Gasteiger partial charge < -0.3 is 10.3 Å². The highest BCUT2D eigenvalue weighted by Gasteiger charge is 2.04. The topological polar surface area (TPSA) is 99.3 Å². The van der Waals surface area contributed by atoms with E-state index in [4.69, 9.17) is 0 Å². The van der Waals surface area contributed by atoms with Crippen molar-refractivity contribution in [2.45, 2.75) is 25.5 Å². The van der Waals surface area contributed by atoms with Gasteiger partial charge in [0.15, 0.2) is 0 Å². The van der Waals surface area contributed by atoms with Gasteiger partial charge in [0.05, 0.1) is 12.0 Å². The lowest BCUT2D eigenvalue weighted by Crippen LogP contribution is -2.17. The van der Waals surface area contributed by atoms with Gasteiger partial charge in [-0.15, -0.1) is 37.2 Å². The zero-order valence-electron chi connectivity index (χ0n) is 15.9. The number of halogens is 3. The fraction of sp³-hybridized carbons (Fsp3) is 0.333. The van der Waals surface area contributed by atoms with Crippen molar-refractivity contribution in [2.75, 3.05) is 17.6 Å². The van der Waals surface area contributed by atoms with E-state index in [0.717, 1.165) is 41.4 Å². The van der Waals surface area contributed by atoms with Gasteiger partial charge in [0.1, 0.15) is 0 Å². The highest BCUT2D eigenvalue weighted by Crippen LogP contribution is 2.13. The Labute approximate surface area is 192 Å². The molecule has 11 heteroatoms. The van der Waals surface area contributed by atoms with Crippen LogP contribution in [-0.4, -0.2) is 37.2 Å². The molecule has 3 N–H and O–H groups in total. The van der Waals surface area contributed by atoms with Crippen molar-refractivity contribution in [3.8, 4) is 0 Å². The number of hydrogen-bond acceptors (Lipinski definition) is 6. The Bertz CT molecular complexity index is 891. The van der Waals surface area contributed by atoms with Crippen molar-refractivity contribution in [1.29, 1.82) is 0 Å². The second-order valence-corrected chi connectivity index (χ2v) is 7.04. The van der Waals surface area contributed by atoms with E-state index in [1.165, 1.54) is 0 Å². The van der Waals surface area contributed by atoms with Crippen LogP contribution in [0.1, 0.15) is 28.9 Å². The predicted octanol–water partition coefficient (Wildman–Crippen LogP) is 3.79. The fourth-order valence-electron chi connectivity index (χ4n) is 2.44. The second kappa shape index (κ2) is 14.3. The van der Waals surface area contributed by atoms with Crippen molar-refractivity contribution in [3.05, 3.63) is 69.9 Å². The van der Waals surface area contributed by atoms with Crippen LogP contribution in [-0.2, 0) is 12.2 Å². The summed E-state index contributed by atoms with van der Waals surface area (Å²) in [6, 6.07) is 3.80. The van der Waals surface area contributed by atoms with Crippen LogP contribution < -0.4 is 10.9 Å². The molecule has 3 aromatic rings. The summed E-state index contributed by atoms with van der Waals surface area (Å²) in [7, 11) is 0. The van der Waals surface area contributed by atoms with Crippen LogP contribution in [0.15, 0.2) is 41.8 Å². The van der Waals surface area contributed by atoms with E-state index < -0.39 is 0 Å². The lowest BCUT2D eigenvalue weighted by atomic mass is 10.1. The average Bonchev–Trinajstić information content (AvgIpc) is 3.06. The molecular weight excluding hydrogens is 455 g/mol. The van der Waals surface area contributed by atoms with Gasteiger partial charge in [-0.25, -0.2) is 9.97 Å². The molecule has 0 radical (unpaired) electrons. The summed E-state index contributed by atoms with van der Waals surface area (Å²) in [5, 5.41) is 3.17. The Kier molecular flexibility index (Phi) is 13.4. The van der Waals surface area contributed by atoms with E-state index in [-0.39, 0.29) is 42.8 Å². The van der Waals surface area contributed by atoms with Crippen LogP contribution in [0.25, 0.3) is 0 Å². The normalized spacial score (nSPS) is 9.69. The van der Waals surface area contributed by atoms with Crippen LogP contribution in [0.3, 0.4) is 0 Å². The third-order valence-corrected chi connectivity index (χ3v) is 4.98. The van der Waals surface area contributed by atoms with Crippen LogP contribution in [0.5, 0.6) is 0 Å². The fourth-order valence-corrected chi connectivity index (χ4v) is 3.42. The Balaban J connectivity index is 0.00000261. The molecule has 3 heterocycles. The second-order valence-electron chi connectivity index (χ2n) is 5.93. The number of imidazole rings is 1. The number of aryl methyl sites for hydroxylation is 1. The van der Waals surface area contributed by atoms with Gasteiger partial charge in [-0.05, 0) is 30.7 Å². The number of anilines is 1. The SMILES string of the molecule is Cc1[nH]cnc1CSCCCNc1ncc(Cc2cccnc2)c(=O)[nH]1.Cl.Cl.Cl.